The van der Waals surface area contributed by atoms with E-state index >= 15 is 0 Å². The molecule has 2 atom stereocenters. The Morgan fingerprint density at radius 3 is 2.40 bits per heavy atom. The van der Waals surface area contributed by atoms with E-state index in [2.05, 4.69) is 52.5 Å². The lowest BCUT2D eigenvalue weighted by Gasteiger charge is -2.29. The Morgan fingerprint density at radius 1 is 0.873 bits per heavy atom. The van der Waals surface area contributed by atoms with E-state index in [-0.39, 0.29) is 78.2 Å². The van der Waals surface area contributed by atoms with Crippen LogP contribution in [0.1, 0.15) is 48.6 Å². The van der Waals surface area contributed by atoms with Gasteiger partial charge in [-0.3, -0.25) is 4.79 Å². The molecule has 0 aliphatic carbocycles. The maximum Gasteiger partial charge on any atom is 0.204 e. The number of aliphatic hydroxyl groups excluding tert-OH is 3. The molecule has 12 heteroatoms. The molecule has 0 saturated carbocycles. The smallest absolute Gasteiger partial charge is 0.204 e. The fourth-order valence-electron chi connectivity index (χ4n) is 8.03. The van der Waals surface area contributed by atoms with E-state index in [0.29, 0.717) is 42.6 Å². The number of aromatic amines is 1. The van der Waals surface area contributed by atoms with E-state index in [4.69, 9.17) is 18.6 Å². The lowest BCUT2D eigenvalue weighted by Crippen LogP contribution is -2.43. The molecule has 2 aromatic heterocycles. The van der Waals surface area contributed by atoms with Crippen molar-refractivity contribution in [3.8, 4) is 45.4 Å². The number of rotatable bonds is 21. The van der Waals surface area contributed by atoms with Gasteiger partial charge in [0, 0.05) is 80.2 Å². The minimum Gasteiger partial charge on any atom is -0.508 e. The van der Waals surface area contributed by atoms with E-state index in [1.54, 1.807) is 18.2 Å². The summed E-state index contributed by atoms with van der Waals surface area (Å²) in [5, 5.41) is 44.5. The molecule has 1 fully saturated rings. The molecule has 332 valence electrons. The minimum absolute atomic E-state index is 0.0189. The van der Waals surface area contributed by atoms with Gasteiger partial charge in [-0.25, -0.2) is 0 Å². The number of H-pyrrole nitrogens is 1. The predicted molar refractivity (Wildman–Crippen MR) is 248 cm³/mol. The largest absolute Gasteiger partial charge is 0.508 e. The maximum atomic E-state index is 14.4. The number of phenols is 1. The SMILES string of the molecule is CCc1cc(-c2cccc(CCc3c(OC[C@H](CO)CCCO)c(OC)c(OCC[C@@H](O)/C=C/c4ccccc4)c4c(=O)cc(-c5ccc(O)cc5)oc34)c2)c(N2CCNCC2)[nH]1. The Labute approximate surface area is 368 Å². The summed E-state index contributed by atoms with van der Waals surface area (Å²) in [6, 6.07) is 28.2. The number of fused-ring (bicyclic) bond motifs is 1. The van der Waals surface area contributed by atoms with Crippen LogP contribution >= 0.6 is 0 Å². The highest BCUT2D eigenvalue weighted by molar-refractivity contribution is 5.93. The number of ether oxygens (including phenoxy) is 3. The number of hydrogen-bond acceptors (Lipinski definition) is 11. The number of benzene rings is 4. The molecule has 0 spiro atoms. The molecule has 6 N–H and O–H groups in total. The van der Waals surface area contributed by atoms with Crippen LogP contribution in [0.25, 0.3) is 39.5 Å². The van der Waals surface area contributed by atoms with Gasteiger partial charge in [-0.1, -0.05) is 73.7 Å². The second-order valence-corrected chi connectivity index (χ2v) is 15.9. The van der Waals surface area contributed by atoms with Gasteiger partial charge in [0.1, 0.15) is 28.3 Å². The minimum atomic E-state index is -0.838. The van der Waals surface area contributed by atoms with Gasteiger partial charge in [-0.15, -0.1) is 0 Å². The van der Waals surface area contributed by atoms with Gasteiger partial charge in [0.05, 0.1) is 26.4 Å². The molecule has 0 unspecified atom stereocenters. The highest BCUT2D eigenvalue weighted by atomic mass is 16.5. The summed E-state index contributed by atoms with van der Waals surface area (Å²) >= 11 is 0. The molecule has 1 aliphatic rings. The van der Waals surface area contributed by atoms with Crippen molar-refractivity contribution < 1.29 is 39.1 Å². The van der Waals surface area contributed by atoms with Crippen molar-refractivity contribution in [2.75, 3.05) is 64.6 Å². The highest BCUT2D eigenvalue weighted by Crippen LogP contribution is 2.48. The average molecular weight is 858 g/mol. The molecule has 1 saturated heterocycles. The number of aryl methyl sites for hydroxylation is 3. The van der Waals surface area contributed by atoms with Crippen molar-refractivity contribution in [3.63, 3.8) is 0 Å². The van der Waals surface area contributed by atoms with Gasteiger partial charge in [-0.2, -0.15) is 0 Å². The van der Waals surface area contributed by atoms with Crippen molar-refractivity contribution in [1.29, 1.82) is 0 Å². The van der Waals surface area contributed by atoms with Crippen molar-refractivity contribution >= 4 is 22.9 Å². The molecular formula is C51H59N3O9. The first kappa shape index (κ1) is 45.0. The van der Waals surface area contributed by atoms with Crippen molar-refractivity contribution in [1.82, 2.24) is 10.3 Å². The number of aliphatic hydroxyl groups is 3. The van der Waals surface area contributed by atoms with Gasteiger partial charge in [0.2, 0.25) is 5.75 Å². The number of nitrogens with one attached hydrogen (secondary N) is 2. The number of piperazine rings is 1. The second kappa shape index (κ2) is 21.8. The van der Waals surface area contributed by atoms with Crippen molar-refractivity contribution in [2.45, 2.75) is 51.6 Å². The fourth-order valence-corrected chi connectivity index (χ4v) is 8.03. The summed E-state index contributed by atoms with van der Waals surface area (Å²) in [7, 11) is 1.49. The van der Waals surface area contributed by atoms with E-state index in [0.717, 1.165) is 60.7 Å². The lowest BCUT2D eigenvalue weighted by molar-refractivity contribution is 0.143. The van der Waals surface area contributed by atoms with E-state index in [1.807, 2.05) is 36.4 Å². The molecule has 6 aromatic rings. The van der Waals surface area contributed by atoms with Gasteiger partial charge >= 0.3 is 0 Å². The number of nitrogens with zero attached hydrogens (tertiary/aromatic N) is 1. The maximum absolute atomic E-state index is 14.4. The van der Waals surface area contributed by atoms with Crippen LogP contribution in [0.5, 0.6) is 23.0 Å². The van der Waals surface area contributed by atoms with Gasteiger partial charge in [-0.05, 0) is 79.1 Å². The molecule has 0 radical (unpaired) electrons. The van der Waals surface area contributed by atoms with E-state index in [9.17, 15) is 25.2 Å². The summed E-state index contributed by atoms with van der Waals surface area (Å²) in [6.45, 7) is 5.75. The third-order valence-electron chi connectivity index (χ3n) is 11.5. The molecule has 12 nitrogen and oxygen atoms in total. The molecule has 7 rings (SSSR count). The van der Waals surface area contributed by atoms with Crippen LogP contribution in [-0.4, -0.2) is 91.2 Å². The van der Waals surface area contributed by atoms with Crippen molar-refractivity contribution in [3.05, 3.63) is 130 Å². The van der Waals surface area contributed by atoms with Crippen LogP contribution in [-0.2, 0) is 19.3 Å². The Balaban J connectivity index is 1.30. The number of phenolic OH excluding ortho intramolecular Hbond substituents is 1. The van der Waals surface area contributed by atoms with Crippen LogP contribution in [0.2, 0.25) is 0 Å². The van der Waals surface area contributed by atoms with E-state index in [1.165, 1.54) is 31.0 Å². The monoisotopic (exact) mass is 857 g/mol. The first-order valence-corrected chi connectivity index (χ1v) is 22.0. The normalized spacial score (nSPS) is 14.0. The molecule has 4 aromatic carbocycles. The molecule has 0 bridgehead atoms. The van der Waals surface area contributed by atoms with Crippen LogP contribution in [0.4, 0.5) is 5.82 Å². The molecular weight excluding hydrogens is 799 g/mol. The Hall–Kier alpha value is -6.05. The molecule has 63 heavy (non-hydrogen) atoms. The zero-order valence-corrected chi connectivity index (χ0v) is 36.1. The van der Waals surface area contributed by atoms with Crippen LogP contribution in [0, 0.1) is 5.92 Å². The number of hydrogen-bond donors (Lipinski definition) is 6. The fraction of sp³-hybridized carbons (Fsp3) is 0.353. The summed E-state index contributed by atoms with van der Waals surface area (Å²) in [4.78, 5) is 20.5. The topological polar surface area (TPSA) is 170 Å². The summed E-state index contributed by atoms with van der Waals surface area (Å²) in [5.41, 5.74) is 6.47. The Morgan fingerprint density at radius 2 is 1.67 bits per heavy atom. The number of aromatic hydroxyl groups is 1. The molecule has 3 heterocycles. The van der Waals surface area contributed by atoms with Gasteiger partial charge in [0.25, 0.3) is 0 Å². The third-order valence-corrected chi connectivity index (χ3v) is 11.5. The highest BCUT2D eigenvalue weighted by Gasteiger charge is 2.29. The average Bonchev–Trinajstić information content (AvgIpc) is 3.76. The number of anilines is 1. The van der Waals surface area contributed by atoms with Crippen LogP contribution in [0.3, 0.4) is 0 Å². The number of aromatic nitrogens is 1. The summed E-state index contributed by atoms with van der Waals surface area (Å²) < 4.78 is 25.9. The Bertz CT molecular complexity index is 2490. The number of methoxy groups -OCH3 is 1. The van der Waals surface area contributed by atoms with Crippen LogP contribution < -0.4 is 29.9 Å². The van der Waals surface area contributed by atoms with Gasteiger partial charge in [0.15, 0.2) is 16.9 Å². The predicted octanol–water partition coefficient (Wildman–Crippen LogP) is 7.53. The molecule has 1 aliphatic heterocycles. The summed E-state index contributed by atoms with van der Waals surface area (Å²) in [5.74, 6) is 1.82. The third kappa shape index (κ3) is 11.1. The van der Waals surface area contributed by atoms with E-state index < -0.39 is 6.10 Å². The van der Waals surface area contributed by atoms with Gasteiger partial charge < -0.3 is 54.3 Å². The quantitative estimate of drug-likeness (QED) is 0.0423. The van der Waals surface area contributed by atoms with Crippen molar-refractivity contribution in [2.24, 2.45) is 5.92 Å². The van der Waals surface area contributed by atoms with Crippen LogP contribution in [0.15, 0.2) is 106 Å². The zero-order valence-electron chi connectivity index (χ0n) is 36.1. The zero-order chi connectivity index (χ0) is 44.1. The Kier molecular flexibility index (Phi) is 15.6. The summed E-state index contributed by atoms with van der Waals surface area (Å²) in [6.07, 6.45) is 5.73. The second-order valence-electron chi connectivity index (χ2n) is 15.9. The lowest BCUT2D eigenvalue weighted by atomic mass is 9.97. The first-order valence-electron chi connectivity index (χ1n) is 22.0. The first-order chi connectivity index (χ1) is 30.8. The molecule has 0 amide bonds. The standard InChI is InChI=1S/C51H59N3O9/c1-3-39-30-43(51(53-39)54-25-23-52-24-26-54)38-13-7-11-35(29-38)15-21-42-47-46(44(59)31-45(63-47)37-16-19-40(57)20-17-37)49(50(60-2)48(42)62-33-36(32-56)12-8-27-55)61-28-22-41(58)18-14-34-9-5-4-6-10-34/h4-7,9-11,13-14,16-20,29-31,36,41,52-53,55-58H,3,8,12,15,21-28,32-33H2,1-2H3/b18-14+/t36-,41-/m0/s1.